The number of fused-ring (bicyclic) bond motifs is 1. The van der Waals surface area contributed by atoms with Gasteiger partial charge in [0.15, 0.2) is 11.5 Å². The first kappa shape index (κ1) is 20.0. The molecule has 8 heteroatoms. The quantitative estimate of drug-likeness (QED) is 0.434. The van der Waals surface area contributed by atoms with Crippen LogP contribution in [-0.4, -0.2) is 20.2 Å². The standard InChI is InChI=1S/C20H16Cl2O6/c1-10-4-16-13(8-14(10)21)12(7-18(23)28-16)9-27-20(24)11-5-15(22)19(26-3)17(6-11)25-2/h4-8H,9H2,1-3H3. The lowest BCUT2D eigenvalue weighted by molar-refractivity contribution is 0.0473. The number of carbonyl (C=O) groups is 1. The molecule has 0 aliphatic carbocycles. The number of esters is 1. The predicted molar refractivity (Wildman–Crippen MR) is 106 cm³/mol. The van der Waals surface area contributed by atoms with Gasteiger partial charge in [0.25, 0.3) is 0 Å². The lowest BCUT2D eigenvalue weighted by atomic mass is 10.1. The molecular weight excluding hydrogens is 407 g/mol. The predicted octanol–water partition coefficient (Wildman–Crippen LogP) is 4.78. The Labute approximate surface area is 170 Å². The molecule has 0 saturated carbocycles. The Kier molecular flexibility index (Phi) is 5.82. The van der Waals surface area contributed by atoms with Crippen molar-refractivity contribution >= 4 is 40.1 Å². The summed E-state index contributed by atoms with van der Waals surface area (Å²) in [5.41, 5.74) is 1.26. The molecule has 0 aliphatic rings. The smallest absolute Gasteiger partial charge is 0.338 e. The van der Waals surface area contributed by atoms with Gasteiger partial charge in [-0.15, -0.1) is 0 Å². The normalized spacial score (nSPS) is 10.8. The fourth-order valence-corrected chi connectivity index (χ4v) is 3.18. The van der Waals surface area contributed by atoms with E-state index in [1.165, 1.54) is 32.4 Å². The maximum absolute atomic E-state index is 12.5. The third-order valence-electron chi connectivity index (χ3n) is 4.14. The number of carbonyl (C=O) groups excluding carboxylic acids is 1. The number of aryl methyl sites for hydroxylation is 1. The number of benzene rings is 2. The van der Waals surface area contributed by atoms with Gasteiger partial charge in [-0.2, -0.15) is 0 Å². The Bertz CT molecular complexity index is 1120. The number of halogens is 2. The second kappa shape index (κ2) is 8.12. The van der Waals surface area contributed by atoms with Crippen LogP contribution in [0.3, 0.4) is 0 Å². The molecule has 146 valence electrons. The summed E-state index contributed by atoms with van der Waals surface area (Å²) < 4.78 is 20.9. The summed E-state index contributed by atoms with van der Waals surface area (Å²) in [7, 11) is 2.88. The maximum Gasteiger partial charge on any atom is 0.338 e. The average Bonchev–Trinajstić information content (AvgIpc) is 2.66. The van der Waals surface area contributed by atoms with Crippen molar-refractivity contribution < 1.29 is 23.4 Å². The first-order valence-electron chi connectivity index (χ1n) is 8.15. The zero-order valence-corrected chi connectivity index (χ0v) is 16.8. The molecule has 0 N–H and O–H groups in total. The number of methoxy groups -OCH3 is 2. The van der Waals surface area contributed by atoms with Crippen LogP contribution in [0, 0.1) is 6.92 Å². The van der Waals surface area contributed by atoms with Crippen molar-refractivity contribution in [2.45, 2.75) is 13.5 Å². The van der Waals surface area contributed by atoms with Crippen molar-refractivity contribution in [1.82, 2.24) is 0 Å². The molecule has 0 saturated heterocycles. The molecule has 0 fully saturated rings. The van der Waals surface area contributed by atoms with E-state index in [2.05, 4.69) is 0 Å². The second-order valence-corrected chi connectivity index (χ2v) is 6.77. The highest BCUT2D eigenvalue weighted by molar-refractivity contribution is 6.32. The minimum atomic E-state index is -0.637. The minimum Gasteiger partial charge on any atom is -0.493 e. The van der Waals surface area contributed by atoms with Crippen LogP contribution in [0.15, 0.2) is 39.5 Å². The van der Waals surface area contributed by atoms with Crippen LogP contribution in [0.2, 0.25) is 10.0 Å². The van der Waals surface area contributed by atoms with Gasteiger partial charge in [-0.25, -0.2) is 9.59 Å². The summed E-state index contributed by atoms with van der Waals surface area (Å²) >= 11 is 12.3. The Hall–Kier alpha value is -2.70. The summed E-state index contributed by atoms with van der Waals surface area (Å²) in [6.07, 6.45) is 0. The second-order valence-electron chi connectivity index (χ2n) is 5.96. The van der Waals surface area contributed by atoms with Gasteiger partial charge in [0.2, 0.25) is 0 Å². The highest BCUT2D eigenvalue weighted by Gasteiger charge is 2.17. The molecule has 6 nitrogen and oxygen atoms in total. The Morgan fingerprint density at radius 2 is 1.79 bits per heavy atom. The Morgan fingerprint density at radius 1 is 1.04 bits per heavy atom. The van der Waals surface area contributed by atoms with Gasteiger partial charge < -0.3 is 18.6 Å². The van der Waals surface area contributed by atoms with E-state index in [-0.39, 0.29) is 17.2 Å². The summed E-state index contributed by atoms with van der Waals surface area (Å²) in [5, 5.41) is 1.32. The molecular formula is C20H16Cl2O6. The zero-order chi connectivity index (χ0) is 20.4. The fraction of sp³-hybridized carbons (Fsp3) is 0.200. The molecule has 3 rings (SSSR count). The monoisotopic (exact) mass is 422 g/mol. The average molecular weight is 423 g/mol. The van der Waals surface area contributed by atoms with Gasteiger partial charge in [0.05, 0.1) is 24.8 Å². The van der Waals surface area contributed by atoms with Gasteiger partial charge >= 0.3 is 11.6 Å². The van der Waals surface area contributed by atoms with E-state index in [0.29, 0.717) is 33.1 Å². The molecule has 3 aromatic rings. The van der Waals surface area contributed by atoms with Crippen molar-refractivity contribution in [3.05, 3.63) is 67.5 Å². The number of ether oxygens (including phenoxy) is 3. The van der Waals surface area contributed by atoms with Crippen LogP contribution < -0.4 is 15.1 Å². The van der Waals surface area contributed by atoms with Crippen molar-refractivity contribution in [2.75, 3.05) is 14.2 Å². The molecule has 0 atom stereocenters. The van der Waals surface area contributed by atoms with E-state index in [1.807, 2.05) is 0 Å². The van der Waals surface area contributed by atoms with Gasteiger partial charge in [-0.05, 0) is 36.8 Å². The van der Waals surface area contributed by atoms with Gasteiger partial charge in [-0.1, -0.05) is 23.2 Å². The van der Waals surface area contributed by atoms with Crippen LogP contribution in [0.5, 0.6) is 11.5 Å². The molecule has 0 spiro atoms. The molecule has 0 aliphatic heterocycles. The highest BCUT2D eigenvalue weighted by atomic mass is 35.5. The minimum absolute atomic E-state index is 0.147. The first-order chi connectivity index (χ1) is 13.3. The zero-order valence-electron chi connectivity index (χ0n) is 15.3. The maximum atomic E-state index is 12.5. The highest BCUT2D eigenvalue weighted by Crippen LogP contribution is 2.36. The largest absolute Gasteiger partial charge is 0.493 e. The van der Waals surface area contributed by atoms with Crippen LogP contribution >= 0.6 is 23.2 Å². The first-order valence-corrected chi connectivity index (χ1v) is 8.91. The molecule has 1 heterocycles. The lowest BCUT2D eigenvalue weighted by Crippen LogP contribution is -2.08. The van der Waals surface area contributed by atoms with E-state index in [9.17, 15) is 9.59 Å². The Morgan fingerprint density at radius 3 is 2.46 bits per heavy atom. The summed E-state index contributed by atoms with van der Waals surface area (Å²) in [4.78, 5) is 24.3. The molecule has 1 aromatic heterocycles. The topological polar surface area (TPSA) is 75.0 Å². The lowest BCUT2D eigenvalue weighted by Gasteiger charge is -2.12. The van der Waals surface area contributed by atoms with Crippen molar-refractivity contribution in [1.29, 1.82) is 0 Å². The molecule has 0 amide bonds. The van der Waals surface area contributed by atoms with Gasteiger partial charge in [0, 0.05) is 22.0 Å². The summed E-state index contributed by atoms with van der Waals surface area (Å²) in [6.45, 7) is 1.65. The van der Waals surface area contributed by atoms with Crippen LogP contribution in [0.25, 0.3) is 11.0 Å². The number of hydrogen-bond acceptors (Lipinski definition) is 6. The third-order valence-corrected chi connectivity index (χ3v) is 4.83. The summed E-state index contributed by atoms with van der Waals surface area (Å²) in [6, 6.07) is 7.49. The molecule has 28 heavy (non-hydrogen) atoms. The SMILES string of the molecule is COc1cc(C(=O)OCc2cc(=O)oc3cc(C)c(Cl)cc23)cc(Cl)c1OC. The van der Waals surface area contributed by atoms with Crippen LogP contribution in [0.1, 0.15) is 21.5 Å². The molecule has 0 unspecified atom stereocenters. The Balaban J connectivity index is 1.90. The van der Waals surface area contributed by atoms with E-state index in [1.54, 1.807) is 19.1 Å². The van der Waals surface area contributed by atoms with Crippen LogP contribution in [-0.2, 0) is 11.3 Å². The summed E-state index contributed by atoms with van der Waals surface area (Å²) in [5.74, 6) is -0.0187. The number of hydrogen-bond donors (Lipinski definition) is 0. The van der Waals surface area contributed by atoms with Gasteiger partial charge in [0.1, 0.15) is 12.2 Å². The van der Waals surface area contributed by atoms with Crippen molar-refractivity contribution in [3.63, 3.8) is 0 Å². The van der Waals surface area contributed by atoms with Crippen molar-refractivity contribution in [2.24, 2.45) is 0 Å². The third kappa shape index (κ3) is 3.93. The molecule has 2 aromatic carbocycles. The molecule has 0 radical (unpaired) electrons. The van der Waals surface area contributed by atoms with E-state index in [0.717, 1.165) is 5.56 Å². The fourth-order valence-electron chi connectivity index (χ4n) is 2.73. The van der Waals surface area contributed by atoms with E-state index in [4.69, 9.17) is 41.8 Å². The molecule has 0 bridgehead atoms. The van der Waals surface area contributed by atoms with Gasteiger partial charge in [-0.3, -0.25) is 0 Å². The van der Waals surface area contributed by atoms with E-state index >= 15 is 0 Å². The van der Waals surface area contributed by atoms with Crippen LogP contribution in [0.4, 0.5) is 0 Å². The van der Waals surface area contributed by atoms with E-state index < -0.39 is 11.6 Å². The van der Waals surface area contributed by atoms with Crippen molar-refractivity contribution in [3.8, 4) is 11.5 Å². The number of rotatable bonds is 5.